The first kappa shape index (κ1) is 27.6. The van der Waals surface area contributed by atoms with Crippen molar-refractivity contribution in [3.63, 3.8) is 0 Å². The molecule has 1 aliphatic rings. The molecule has 0 saturated heterocycles. The van der Waals surface area contributed by atoms with Crippen LogP contribution in [0.4, 0.5) is 10.1 Å². The lowest BCUT2D eigenvalue weighted by Gasteiger charge is -2.33. The molecule has 0 spiro atoms. The lowest BCUT2D eigenvalue weighted by atomic mass is 9.95. The molecule has 0 heterocycles. The molecule has 9 heteroatoms. The molecule has 2 aromatic rings. The summed E-state index contributed by atoms with van der Waals surface area (Å²) in [6.45, 7) is 4.55. The third-order valence-electron chi connectivity index (χ3n) is 6.73. The fourth-order valence-electron chi connectivity index (χ4n) is 4.54. The number of hydrogen-bond acceptors (Lipinski definition) is 4. The minimum Gasteiger partial charge on any atom is -0.352 e. The number of carbonyl (C=O) groups is 2. The molecule has 3 rings (SSSR count). The van der Waals surface area contributed by atoms with Gasteiger partial charge in [0.2, 0.25) is 21.8 Å². The molecule has 0 radical (unpaired) electrons. The standard InChI is InChI=1S/C27H36FN3O4S/c1-19-14-15-20(2)25(16-19)31(36(4,34)35)18-26(32)30(17-22-10-8-9-13-24(22)28)21(3)27(33)29-23-11-6-5-7-12-23/h8-10,13-16,21,23H,5-7,11-12,17-18H2,1-4H3,(H,29,33). The maximum absolute atomic E-state index is 14.5. The van der Waals surface area contributed by atoms with Gasteiger partial charge in [0.25, 0.3) is 0 Å². The van der Waals surface area contributed by atoms with E-state index >= 15 is 0 Å². The Hall–Kier alpha value is -2.94. The maximum atomic E-state index is 14.5. The van der Waals surface area contributed by atoms with Crippen molar-refractivity contribution in [1.29, 1.82) is 0 Å². The van der Waals surface area contributed by atoms with Gasteiger partial charge in [-0.05, 0) is 56.9 Å². The summed E-state index contributed by atoms with van der Waals surface area (Å²) < 4.78 is 41.1. The van der Waals surface area contributed by atoms with Crippen LogP contribution in [0.15, 0.2) is 42.5 Å². The van der Waals surface area contributed by atoms with Crippen LogP contribution < -0.4 is 9.62 Å². The van der Waals surface area contributed by atoms with Gasteiger partial charge in [-0.15, -0.1) is 0 Å². The van der Waals surface area contributed by atoms with Crippen LogP contribution in [0.1, 0.15) is 55.7 Å². The van der Waals surface area contributed by atoms with Crippen molar-refractivity contribution < 1.29 is 22.4 Å². The Morgan fingerprint density at radius 1 is 1.08 bits per heavy atom. The summed E-state index contributed by atoms with van der Waals surface area (Å²) in [7, 11) is -3.82. The van der Waals surface area contributed by atoms with Gasteiger partial charge < -0.3 is 10.2 Å². The maximum Gasteiger partial charge on any atom is 0.244 e. The van der Waals surface area contributed by atoms with Gasteiger partial charge in [-0.2, -0.15) is 0 Å². The molecule has 1 fully saturated rings. The van der Waals surface area contributed by atoms with E-state index in [1.807, 2.05) is 13.0 Å². The topological polar surface area (TPSA) is 86.8 Å². The number of hydrogen-bond donors (Lipinski definition) is 1. The van der Waals surface area contributed by atoms with Crippen LogP contribution >= 0.6 is 0 Å². The summed E-state index contributed by atoms with van der Waals surface area (Å²) >= 11 is 0. The third-order valence-corrected chi connectivity index (χ3v) is 7.86. The van der Waals surface area contributed by atoms with E-state index in [2.05, 4.69) is 5.32 Å². The zero-order chi connectivity index (χ0) is 26.5. The van der Waals surface area contributed by atoms with Crippen LogP contribution in [0.3, 0.4) is 0 Å². The smallest absolute Gasteiger partial charge is 0.244 e. The van der Waals surface area contributed by atoms with Crippen LogP contribution in [-0.4, -0.2) is 50.0 Å². The van der Waals surface area contributed by atoms with Crippen molar-refractivity contribution in [2.75, 3.05) is 17.1 Å². The molecule has 7 nitrogen and oxygen atoms in total. The minimum absolute atomic E-state index is 0.0431. The molecule has 0 aromatic heterocycles. The van der Waals surface area contributed by atoms with Crippen molar-refractivity contribution in [2.24, 2.45) is 0 Å². The SMILES string of the molecule is Cc1ccc(C)c(N(CC(=O)N(Cc2ccccc2F)C(C)C(=O)NC2CCCCC2)S(C)(=O)=O)c1. The quantitative estimate of drug-likeness (QED) is 0.543. The average Bonchev–Trinajstić information content (AvgIpc) is 2.83. The summed E-state index contributed by atoms with van der Waals surface area (Å²) in [5.74, 6) is -1.41. The number of halogens is 1. The number of anilines is 1. The monoisotopic (exact) mass is 517 g/mol. The van der Waals surface area contributed by atoms with E-state index in [0.717, 1.165) is 48.2 Å². The number of sulfonamides is 1. The molecule has 1 N–H and O–H groups in total. The van der Waals surface area contributed by atoms with Crippen molar-refractivity contribution >= 4 is 27.5 Å². The van der Waals surface area contributed by atoms with E-state index in [0.29, 0.717) is 11.3 Å². The van der Waals surface area contributed by atoms with E-state index in [1.54, 1.807) is 44.2 Å². The molecule has 1 atom stereocenters. The van der Waals surface area contributed by atoms with Gasteiger partial charge >= 0.3 is 0 Å². The Kier molecular flexibility index (Phi) is 9.11. The highest BCUT2D eigenvalue weighted by Crippen LogP contribution is 2.25. The zero-order valence-corrected chi connectivity index (χ0v) is 22.3. The van der Waals surface area contributed by atoms with Gasteiger partial charge in [0, 0.05) is 18.2 Å². The van der Waals surface area contributed by atoms with E-state index in [4.69, 9.17) is 0 Å². The minimum atomic E-state index is -3.82. The first-order valence-electron chi connectivity index (χ1n) is 12.4. The Morgan fingerprint density at radius 2 is 1.75 bits per heavy atom. The number of aryl methyl sites for hydroxylation is 2. The van der Waals surface area contributed by atoms with Crippen molar-refractivity contribution in [3.05, 3.63) is 65.0 Å². The Labute approximate surface area is 213 Å². The molecule has 1 unspecified atom stereocenters. The van der Waals surface area contributed by atoms with Gasteiger partial charge in [0.15, 0.2) is 0 Å². The zero-order valence-electron chi connectivity index (χ0n) is 21.5. The lowest BCUT2D eigenvalue weighted by molar-refractivity contribution is -0.139. The molecule has 2 aromatic carbocycles. The Balaban J connectivity index is 1.91. The molecule has 1 saturated carbocycles. The predicted octanol–water partition coefficient (Wildman–Crippen LogP) is 4.07. The van der Waals surface area contributed by atoms with Gasteiger partial charge in [-0.3, -0.25) is 13.9 Å². The second kappa shape index (κ2) is 11.9. The van der Waals surface area contributed by atoms with Crippen LogP contribution in [0.25, 0.3) is 0 Å². The van der Waals surface area contributed by atoms with E-state index in [-0.39, 0.29) is 24.1 Å². The Bertz CT molecular complexity index is 1200. The first-order chi connectivity index (χ1) is 17.0. The summed E-state index contributed by atoms with van der Waals surface area (Å²) in [6.07, 6.45) is 6.02. The number of nitrogens with zero attached hydrogens (tertiary/aromatic N) is 2. The highest BCUT2D eigenvalue weighted by atomic mass is 32.2. The first-order valence-corrected chi connectivity index (χ1v) is 14.2. The molecule has 196 valence electrons. The summed E-state index contributed by atoms with van der Waals surface area (Å²) in [4.78, 5) is 28.1. The number of amides is 2. The Morgan fingerprint density at radius 3 is 2.39 bits per heavy atom. The van der Waals surface area contributed by atoms with Crippen LogP contribution in [0, 0.1) is 19.7 Å². The largest absolute Gasteiger partial charge is 0.352 e. The fourth-order valence-corrected chi connectivity index (χ4v) is 5.44. The normalized spacial score (nSPS) is 15.2. The van der Waals surface area contributed by atoms with Gasteiger partial charge in [-0.1, -0.05) is 49.6 Å². The van der Waals surface area contributed by atoms with Gasteiger partial charge in [0.05, 0.1) is 11.9 Å². The van der Waals surface area contributed by atoms with Crippen LogP contribution in [0.2, 0.25) is 0 Å². The van der Waals surface area contributed by atoms with Gasteiger partial charge in [0.1, 0.15) is 18.4 Å². The number of rotatable bonds is 9. The highest BCUT2D eigenvalue weighted by Gasteiger charge is 2.32. The second-order valence-corrected chi connectivity index (χ2v) is 11.6. The number of nitrogens with one attached hydrogen (secondary N) is 1. The highest BCUT2D eigenvalue weighted by molar-refractivity contribution is 7.92. The van der Waals surface area contributed by atoms with Crippen molar-refractivity contribution in [2.45, 2.75) is 71.5 Å². The van der Waals surface area contributed by atoms with Crippen molar-refractivity contribution in [3.8, 4) is 0 Å². The van der Waals surface area contributed by atoms with Crippen LogP contribution in [-0.2, 0) is 26.2 Å². The molecule has 0 aliphatic heterocycles. The molecule has 1 aliphatic carbocycles. The summed E-state index contributed by atoms with van der Waals surface area (Å²) in [5, 5.41) is 3.03. The summed E-state index contributed by atoms with van der Waals surface area (Å²) in [5.41, 5.74) is 2.19. The van der Waals surface area contributed by atoms with E-state index < -0.39 is 34.3 Å². The third kappa shape index (κ3) is 7.06. The molecular formula is C27H36FN3O4S. The predicted molar refractivity (Wildman–Crippen MR) is 140 cm³/mol. The molecule has 2 amide bonds. The molecule has 0 bridgehead atoms. The lowest BCUT2D eigenvalue weighted by Crippen LogP contribution is -2.53. The van der Waals surface area contributed by atoms with Crippen molar-refractivity contribution in [1.82, 2.24) is 10.2 Å². The number of carbonyl (C=O) groups excluding carboxylic acids is 2. The average molecular weight is 518 g/mol. The fraction of sp³-hybridized carbons (Fsp3) is 0.481. The van der Waals surface area contributed by atoms with Gasteiger partial charge in [-0.25, -0.2) is 12.8 Å². The van der Waals surface area contributed by atoms with E-state index in [9.17, 15) is 22.4 Å². The van der Waals surface area contributed by atoms with E-state index in [1.165, 1.54) is 11.0 Å². The molecular weight excluding hydrogens is 481 g/mol. The number of benzene rings is 2. The second-order valence-electron chi connectivity index (χ2n) is 9.69. The summed E-state index contributed by atoms with van der Waals surface area (Å²) in [6, 6.07) is 10.6. The van der Waals surface area contributed by atoms with Crippen LogP contribution in [0.5, 0.6) is 0 Å². The molecule has 36 heavy (non-hydrogen) atoms.